The van der Waals surface area contributed by atoms with Gasteiger partial charge in [-0.25, -0.2) is 9.78 Å². The molecule has 0 aliphatic heterocycles. The molecule has 0 saturated heterocycles. The van der Waals surface area contributed by atoms with Gasteiger partial charge in [0.1, 0.15) is 28.6 Å². The number of nitrogens with zero attached hydrogens (tertiary/aromatic N) is 1. The van der Waals surface area contributed by atoms with Crippen LogP contribution in [0.4, 0.5) is 0 Å². The predicted molar refractivity (Wildman–Crippen MR) is 131 cm³/mol. The normalized spacial score (nSPS) is 11.5. The van der Waals surface area contributed by atoms with Crippen molar-refractivity contribution >= 4 is 39.2 Å². The summed E-state index contributed by atoms with van der Waals surface area (Å²) in [6.07, 6.45) is 1.66. The van der Waals surface area contributed by atoms with Gasteiger partial charge in [0.2, 0.25) is 0 Å². The van der Waals surface area contributed by atoms with Crippen LogP contribution in [0.5, 0.6) is 5.75 Å². The zero-order chi connectivity index (χ0) is 23.4. The molecular weight excluding hydrogens is 436 g/mol. The highest BCUT2D eigenvalue weighted by Crippen LogP contribution is 2.28. The number of carbonyl (C=O) groups excluding carboxylic acids is 1. The molecule has 2 heterocycles. The Morgan fingerprint density at radius 3 is 2.67 bits per heavy atom. The number of fused-ring (bicyclic) bond motifs is 1. The third-order valence-corrected chi connectivity index (χ3v) is 6.31. The first-order chi connectivity index (χ1) is 16.0. The second-order valence-electron chi connectivity index (χ2n) is 7.50. The molecule has 2 aromatic heterocycles. The van der Waals surface area contributed by atoms with Gasteiger partial charge in [0.15, 0.2) is 0 Å². The molecule has 33 heavy (non-hydrogen) atoms. The van der Waals surface area contributed by atoms with Crippen LogP contribution in [0.1, 0.15) is 34.3 Å². The topological polar surface area (TPSA) is 81.3 Å². The number of rotatable bonds is 7. The Balaban J connectivity index is 1.71. The van der Waals surface area contributed by atoms with Crippen molar-refractivity contribution in [3.05, 3.63) is 92.3 Å². The second-order valence-corrected chi connectivity index (χ2v) is 8.71. The lowest BCUT2D eigenvalue weighted by molar-refractivity contribution is -0.136. The van der Waals surface area contributed by atoms with Crippen molar-refractivity contribution in [2.45, 2.75) is 27.4 Å². The minimum atomic E-state index is -0.555. The lowest BCUT2D eigenvalue weighted by Gasteiger charge is -2.09. The van der Waals surface area contributed by atoms with Crippen molar-refractivity contribution in [2.24, 2.45) is 0 Å². The van der Waals surface area contributed by atoms with E-state index in [1.807, 2.05) is 68.4 Å². The minimum Gasteiger partial charge on any atom is -0.489 e. The van der Waals surface area contributed by atoms with Gasteiger partial charge < -0.3 is 14.5 Å². The van der Waals surface area contributed by atoms with E-state index in [4.69, 9.17) is 9.47 Å². The largest absolute Gasteiger partial charge is 0.489 e. The van der Waals surface area contributed by atoms with Crippen LogP contribution in [0.2, 0.25) is 0 Å². The average Bonchev–Trinajstić information content (AvgIpc) is 3.11. The second kappa shape index (κ2) is 9.83. The van der Waals surface area contributed by atoms with Crippen LogP contribution in [-0.2, 0) is 16.1 Å². The highest BCUT2D eigenvalue weighted by atomic mass is 32.1. The number of hydrogen-bond acceptors (Lipinski definition) is 6. The van der Waals surface area contributed by atoms with E-state index in [9.17, 15) is 9.59 Å². The standard InChI is InChI=1S/C26H24N2O4S/c1-4-31-26(30)21(23-27-24(29)22-16(2)17(3)33-25(22)28-23)14-19-11-8-12-20(13-19)32-15-18-9-6-5-7-10-18/h5-14H,4,15H2,1-3H3,(H,27,28,29). The Morgan fingerprint density at radius 1 is 1.12 bits per heavy atom. The fourth-order valence-corrected chi connectivity index (χ4v) is 4.45. The van der Waals surface area contributed by atoms with E-state index in [0.717, 1.165) is 21.6 Å². The SMILES string of the molecule is CCOC(=O)C(=Cc1cccc(OCc2ccccc2)c1)c1nc2sc(C)c(C)c2c(=O)[nH]1. The van der Waals surface area contributed by atoms with Crippen LogP contribution in [0.25, 0.3) is 21.9 Å². The smallest absolute Gasteiger partial charge is 0.341 e. The number of nitrogens with one attached hydrogen (secondary N) is 1. The number of H-pyrrole nitrogens is 1. The number of hydrogen-bond donors (Lipinski definition) is 1. The number of benzene rings is 2. The molecule has 0 fully saturated rings. The minimum absolute atomic E-state index is 0.180. The molecule has 6 nitrogen and oxygen atoms in total. The molecule has 1 N–H and O–H groups in total. The fourth-order valence-electron chi connectivity index (χ4n) is 3.42. The first-order valence-corrected chi connectivity index (χ1v) is 11.4. The van der Waals surface area contributed by atoms with Crippen molar-refractivity contribution in [2.75, 3.05) is 6.61 Å². The van der Waals surface area contributed by atoms with Gasteiger partial charge in [-0.2, -0.15) is 0 Å². The first kappa shape index (κ1) is 22.5. The van der Waals surface area contributed by atoms with E-state index in [0.29, 0.717) is 22.6 Å². The van der Waals surface area contributed by atoms with Crippen molar-refractivity contribution < 1.29 is 14.3 Å². The van der Waals surface area contributed by atoms with E-state index in [1.54, 1.807) is 13.0 Å². The Kier molecular flexibility index (Phi) is 6.70. The number of carbonyl (C=O) groups is 1. The summed E-state index contributed by atoms with van der Waals surface area (Å²) >= 11 is 1.43. The van der Waals surface area contributed by atoms with Crippen LogP contribution in [0.15, 0.2) is 59.4 Å². The predicted octanol–water partition coefficient (Wildman–Crippen LogP) is 5.28. The van der Waals surface area contributed by atoms with E-state index < -0.39 is 5.97 Å². The Hall–Kier alpha value is -3.71. The molecule has 0 radical (unpaired) electrons. The Morgan fingerprint density at radius 2 is 1.91 bits per heavy atom. The zero-order valence-electron chi connectivity index (χ0n) is 18.7. The Bertz CT molecular complexity index is 1390. The molecule has 4 rings (SSSR count). The van der Waals surface area contributed by atoms with Crippen LogP contribution in [0.3, 0.4) is 0 Å². The van der Waals surface area contributed by atoms with Gasteiger partial charge >= 0.3 is 5.97 Å². The van der Waals surface area contributed by atoms with Gasteiger partial charge in [-0.05, 0) is 55.7 Å². The van der Waals surface area contributed by atoms with E-state index in [2.05, 4.69) is 9.97 Å². The molecular formula is C26H24N2O4S. The maximum atomic E-state index is 12.8. The van der Waals surface area contributed by atoms with Crippen molar-refractivity contribution in [3.8, 4) is 5.75 Å². The van der Waals surface area contributed by atoms with Crippen molar-refractivity contribution in [3.63, 3.8) is 0 Å². The van der Waals surface area contributed by atoms with Gasteiger partial charge in [0.05, 0.1) is 12.0 Å². The van der Waals surface area contributed by atoms with Crippen LogP contribution in [-0.4, -0.2) is 22.5 Å². The molecule has 0 spiro atoms. The number of thiophene rings is 1. The van der Waals surface area contributed by atoms with E-state index in [1.165, 1.54) is 11.3 Å². The Labute approximate surface area is 195 Å². The van der Waals surface area contributed by atoms with Crippen LogP contribution < -0.4 is 10.3 Å². The van der Waals surface area contributed by atoms with Gasteiger partial charge in [-0.3, -0.25) is 4.79 Å². The van der Waals surface area contributed by atoms with Gasteiger partial charge in [0, 0.05) is 4.88 Å². The summed E-state index contributed by atoms with van der Waals surface area (Å²) in [4.78, 5) is 34.5. The summed E-state index contributed by atoms with van der Waals surface area (Å²) in [7, 11) is 0. The molecule has 7 heteroatoms. The summed E-state index contributed by atoms with van der Waals surface area (Å²) in [5.41, 5.74) is 2.60. The highest BCUT2D eigenvalue weighted by molar-refractivity contribution is 7.18. The summed E-state index contributed by atoms with van der Waals surface area (Å²) in [6.45, 7) is 6.22. The number of esters is 1. The summed E-state index contributed by atoms with van der Waals surface area (Å²) in [6, 6.07) is 17.3. The number of aromatic amines is 1. The number of aryl methyl sites for hydroxylation is 2. The highest BCUT2D eigenvalue weighted by Gasteiger charge is 2.19. The zero-order valence-corrected chi connectivity index (χ0v) is 19.5. The molecule has 0 unspecified atom stereocenters. The molecule has 168 valence electrons. The van der Waals surface area contributed by atoms with Gasteiger partial charge in [0.25, 0.3) is 5.56 Å². The maximum absolute atomic E-state index is 12.8. The molecule has 0 aliphatic rings. The van der Waals surface area contributed by atoms with Crippen molar-refractivity contribution in [1.29, 1.82) is 0 Å². The van der Waals surface area contributed by atoms with Gasteiger partial charge in [-0.15, -0.1) is 11.3 Å². The maximum Gasteiger partial charge on any atom is 0.341 e. The first-order valence-electron chi connectivity index (χ1n) is 10.6. The summed E-state index contributed by atoms with van der Waals surface area (Å²) in [5, 5.41) is 0.556. The third kappa shape index (κ3) is 5.04. The molecule has 0 amide bonds. The number of ether oxygens (including phenoxy) is 2. The quantitative estimate of drug-likeness (QED) is 0.300. The molecule has 0 atom stereocenters. The van der Waals surface area contributed by atoms with Gasteiger partial charge in [-0.1, -0.05) is 42.5 Å². The molecule has 0 saturated carbocycles. The lowest BCUT2D eigenvalue weighted by atomic mass is 10.1. The summed E-state index contributed by atoms with van der Waals surface area (Å²) in [5.74, 6) is 0.292. The average molecular weight is 461 g/mol. The molecule has 0 aliphatic carbocycles. The lowest BCUT2D eigenvalue weighted by Crippen LogP contribution is -2.15. The molecule has 4 aromatic rings. The van der Waals surface area contributed by atoms with E-state index in [-0.39, 0.29) is 23.6 Å². The molecule has 0 bridgehead atoms. The third-order valence-electron chi connectivity index (χ3n) is 5.21. The van der Waals surface area contributed by atoms with Crippen LogP contribution in [0, 0.1) is 13.8 Å². The van der Waals surface area contributed by atoms with E-state index >= 15 is 0 Å². The molecule has 2 aromatic carbocycles. The van der Waals surface area contributed by atoms with Crippen molar-refractivity contribution in [1.82, 2.24) is 9.97 Å². The summed E-state index contributed by atoms with van der Waals surface area (Å²) < 4.78 is 11.2. The van der Waals surface area contributed by atoms with Crippen LogP contribution >= 0.6 is 11.3 Å². The number of aromatic nitrogens is 2. The monoisotopic (exact) mass is 460 g/mol. The fraction of sp³-hybridized carbons (Fsp3) is 0.192.